The first-order valence-corrected chi connectivity index (χ1v) is 21.0. The lowest BCUT2D eigenvalue weighted by Crippen LogP contribution is -2.14. The Morgan fingerprint density at radius 1 is 0.407 bits per heavy atom. The number of hydrogen-bond donors (Lipinski definition) is 0. The number of para-hydroxylation sites is 2. The molecule has 0 unspecified atom stereocenters. The van der Waals surface area contributed by atoms with Gasteiger partial charge in [0.05, 0.1) is 22.4 Å². The zero-order valence-corrected chi connectivity index (χ0v) is 33.5. The Labute approximate surface area is 346 Å². The summed E-state index contributed by atoms with van der Waals surface area (Å²) in [5.41, 5.74) is 15.7. The lowest BCUT2D eigenvalue weighted by Gasteiger charge is -2.22. The maximum atomic E-state index is 5.47. The summed E-state index contributed by atoms with van der Waals surface area (Å²) in [5, 5.41) is 5.02. The van der Waals surface area contributed by atoms with Crippen molar-refractivity contribution in [3.8, 4) is 61.8 Å². The molecule has 1 aliphatic rings. The molecule has 0 bridgehead atoms. The molecule has 1 aliphatic carbocycles. The fourth-order valence-electron chi connectivity index (χ4n) is 9.49. The van der Waals surface area contributed by atoms with Gasteiger partial charge in [-0.3, -0.25) is 0 Å². The van der Waals surface area contributed by atoms with Crippen molar-refractivity contribution in [1.29, 1.82) is 0 Å². The Morgan fingerprint density at radius 2 is 1.02 bits per heavy atom. The van der Waals surface area contributed by atoms with Gasteiger partial charge >= 0.3 is 0 Å². The lowest BCUT2D eigenvalue weighted by molar-refractivity contribution is 0.660. The highest BCUT2D eigenvalue weighted by Gasteiger charge is 2.35. The van der Waals surface area contributed by atoms with Gasteiger partial charge in [0.1, 0.15) is 0 Å². The summed E-state index contributed by atoms with van der Waals surface area (Å²) >= 11 is 1.85. The molecule has 3 aromatic heterocycles. The van der Waals surface area contributed by atoms with Gasteiger partial charge in [-0.15, -0.1) is 11.3 Å². The molecule has 11 aromatic rings. The Bertz CT molecular complexity index is 3430. The van der Waals surface area contributed by atoms with Crippen molar-refractivity contribution in [2.45, 2.75) is 19.3 Å². The monoisotopic (exact) mass is 771 g/mol. The molecular formula is C55H37N3S. The predicted molar refractivity (Wildman–Crippen MR) is 249 cm³/mol. The zero-order valence-electron chi connectivity index (χ0n) is 32.6. The van der Waals surface area contributed by atoms with E-state index in [1.165, 1.54) is 53.2 Å². The molecule has 3 nitrogen and oxygen atoms in total. The summed E-state index contributed by atoms with van der Waals surface area (Å²) in [6, 6.07) is 68.3. The molecule has 0 radical (unpaired) electrons. The van der Waals surface area contributed by atoms with Crippen LogP contribution in [0.1, 0.15) is 25.0 Å². The highest BCUT2D eigenvalue weighted by atomic mass is 32.1. The van der Waals surface area contributed by atoms with Gasteiger partial charge in [-0.2, -0.15) is 0 Å². The second-order valence-corrected chi connectivity index (χ2v) is 17.3. The minimum Gasteiger partial charge on any atom is -0.309 e. The number of thiophene rings is 1. The molecule has 278 valence electrons. The summed E-state index contributed by atoms with van der Waals surface area (Å²) in [6.07, 6.45) is 0. The van der Waals surface area contributed by atoms with Crippen LogP contribution in [-0.2, 0) is 5.41 Å². The fourth-order valence-corrected chi connectivity index (χ4v) is 10.6. The summed E-state index contributed by atoms with van der Waals surface area (Å²) in [4.78, 5) is 10.8. The van der Waals surface area contributed by atoms with Gasteiger partial charge in [-0.1, -0.05) is 141 Å². The Hall–Kier alpha value is -7.14. The smallest absolute Gasteiger partial charge is 0.160 e. The van der Waals surface area contributed by atoms with Crippen LogP contribution in [0.4, 0.5) is 0 Å². The van der Waals surface area contributed by atoms with Crippen LogP contribution in [-0.4, -0.2) is 14.5 Å². The summed E-state index contributed by atoms with van der Waals surface area (Å²) in [6.45, 7) is 4.67. The normalized spacial score (nSPS) is 13.1. The number of fused-ring (bicyclic) bond motifs is 9. The van der Waals surface area contributed by atoms with Crippen molar-refractivity contribution in [1.82, 2.24) is 14.5 Å². The average molecular weight is 772 g/mol. The molecule has 0 spiro atoms. The van der Waals surface area contributed by atoms with Gasteiger partial charge in [0, 0.05) is 58.7 Å². The maximum absolute atomic E-state index is 5.47. The highest BCUT2D eigenvalue weighted by molar-refractivity contribution is 7.25. The number of hydrogen-bond acceptors (Lipinski definition) is 3. The molecule has 3 heterocycles. The summed E-state index contributed by atoms with van der Waals surface area (Å²) in [5.74, 6) is 0.690. The predicted octanol–water partition coefficient (Wildman–Crippen LogP) is 14.9. The van der Waals surface area contributed by atoms with Gasteiger partial charge in [0.25, 0.3) is 0 Å². The molecule has 0 saturated heterocycles. The third-order valence-corrected chi connectivity index (χ3v) is 13.6. The van der Waals surface area contributed by atoms with Crippen LogP contribution in [0.5, 0.6) is 0 Å². The average Bonchev–Trinajstić information content (AvgIpc) is 3.91. The number of benzene rings is 8. The fraction of sp³-hybridized carbons (Fsp3) is 0.0545. The van der Waals surface area contributed by atoms with Crippen LogP contribution in [0.3, 0.4) is 0 Å². The molecular weight excluding hydrogens is 735 g/mol. The quantitative estimate of drug-likeness (QED) is 0.174. The standard InChI is InChI=1S/C55H37N3S/c1-55(2)46-20-10-6-16-40(46)41-26-24-36(32-47(41)55)49-33-48(34-14-4-3-5-15-34)56-54(57-49)38-28-37(35-25-27-53-45(31-35)44-19-9-13-23-52(44)59-53)29-39(30-38)58-50-21-11-7-17-42(50)43-18-8-12-22-51(43)58/h3-33H,1-2H3. The first kappa shape index (κ1) is 33.9. The summed E-state index contributed by atoms with van der Waals surface area (Å²) in [7, 11) is 0. The van der Waals surface area contributed by atoms with Gasteiger partial charge in [-0.25, -0.2) is 9.97 Å². The first-order chi connectivity index (χ1) is 29.0. The molecule has 59 heavy (non-hydrogen) atoms. The van der Waals surface area contributed by atoms with E-state index in [-0.39, 0.29) is 5.41 Å². The van der Waals surface area contributed by atoms with Crippen LogP contribution in [0.15, 0.2) is 188 Å². The maximum Gasteiger partial charge on any atom is 0.160 e. The van der Waals surface area contributed by atoms with Crippen molar-refractivity contribution < 1.29 is 0 Å². The second-order valence-electron chi connectivity index (χ2n) is 16.2. The van der Waals surface area contributed by atoms with E-state index in [9.17, 15) is 0 Å². The van der Waals surface area contributed by atoms with Crippen molar-refractivity contribution >= 4 is 53.3 Å². The van der Waals surface area contributed by atoms with E-state index >= 15 is 0 Å². The Kier molecular flexibility index (Phi) is 7.44. The molecule has 0 saturated carbocycles. The third-order valence-electron chi connectivity index (χ3n) is 12.4. The van der Waals surface area contributed by atoms with Gasteiger partial charge < -0.3 is 4.57 Å². The molecule has 12 rings (SSSR count). The van der Waals surface area contributed by atoms with E-state index in [0.717, 1.165) is 55.9 Å². The van der Waals surface area contributed by atoms with Crippen LogP contribution in [0, 0.1) is 0 Å². The SMILES string of the molecule is CC1(C)c2ccccc2-c2ccc(-c3cc(-c4ccccc4)nc(-c4cc(-c5ccc6sc7ccccc7c6c5)cc(-n5c6ccccc6c6ccccc65)c4)n3)cc21. The zero-order chi connectivity index (χ0) is 39.2. The molecule has 0 amide bonds. The largest absolute Gasteiger partial charge is 0.309 e. The highest BCUT2D eigenvalue weighted by Crippen LogP contribution is 2.49. The van der Waals surface area contributed by atoms with Crippen LogP contribution in [0.25, 0.3) is 104 Å². The lowest BCUT2D eigenvalue weighted by atomic mass is 9.82. The van der Waals surface area contributed by atoms with Crippen molar-refractivity contribution in [3.05, 3.63) is 199 Å². The van der Waals surface area contributed by atoms with E-state index < -0.39 is 0 Å². The molecule has 0 fully saturated rings. The van der Waals surface area contributed by atoms with Gasteiger partial charge in [-0.05, 0) is 94.0 Å². The minimum absolute atomic E-state index is 0.125. The topological polar surface area (TPSA) is 30.7 Å². The van der Waals surface area contributed by atoms with E-state index in [2.05, 4.69) is 206 Å². The van der Waals surface area contributed by atoms with E-state index in [0.29, 0.717) is 5.82 Å². The molecule has 0 aliphatic heterocycles. The molecule has 4 heteroatoms. The number of nitrogens with zero attached hydrogens (tertiary/aromatic N) is 3. The van der Waals surface area contributed by atoms with Crippen LogP contribution >= 0.6 is 11.3 Å². The van der Waals surface area contributed by atoms with Gasteiger partial charge in [0.2, 0.25) is 0 Å². The van der Waals surface area contributed by atoms with Crippen molar-refractivity contribution in [2.24, 2.45) is 0 Å². The van der Waals surface area contributed by atoms with Gasteiger partial charge in [0.15, 0.2) is 5.82 Å². The first-order valence-electron chi connectivity index (χ1n) is 20.2. The number of rotatable bonds is 5. The van der Waals surface area contributed by atoms with Crippen LogP contribution in [0.2, 0.25) is 0 Å². The minimum atomic E-state index is -0.125. The van der Waals surface area contributed by atoms with Crippen molar-refractivity contribution in [3.63, 3.8) is 0 Å². The molecule has 0 atom stereocenters. The second kappa shape index (κ2) is 12.9. The van der Waals surface area contributed by atoms with Crippen molar-refractivity contribution in [2.75, 3.05) is 0 Å². The third kappa shape index (κ3) is 5.34. The molecule has 0 N–H and O–H groups in total. The van der Waals surface area contributed by atoms with E-state index in [1.54, 1.807) is 0 Å². The number of aromatic nitrogens is 3. The van der Waals surface area contributed by atoms with E-state index in [4.69, 9.17) is 9.97 Å². The Morgan fingerprint density at radius 3 is 1.81 bits per heavy atom. The summed E-state index contributed by atoms with van der Waals surface area (Å²) < 4.78 is 4.99. The molecule has 8 aromatic carbocycles. The Balaban J connectivity index is 1.11. The van der Waals surface area contributed by atoms with Crippen LogP contribution < -0.4 is 0 Å². The van der Waals surface area contributed by atoms with E-state index in [1.807, 2.05) is 11.3 Å².